The minimum absolute atomic E-state index is 0.00843. The van der Waals surface area contributed by atoms with Crippen molar-refractivity contribution in [3.8, 4) is 0 Å². The van der Waals surface area contributed by atoms with Crippen LogP contribution in [0.4, 0.5) is 0 Å². The summed E-state index contributed by atoms with van der Waals surface area (Å²) in [6.45, 7) is 5.83. The number of hydrogen-bond acceptors (Lipinski definition) is 4. The van der Waals surface area contributed by atoms with Crippen LogP contribution in [0.25, 0.3) is 0 Å². The van der Waals surface area contributed by atoms with Crippen molar-refractivity contribution in [2.75, 3.05) is 26.2 Å². The van der Waals surface area contributed by atoms with E-state index in [1.807, 2.05) is 37.3 Å². The van der Waals surface area contributed by atoms with Gasteiger partial charge in [-0.05, 0) is 31.0 Å². The molecule has 1 N–H and O–H groups in total. The second-order valence-corrected chi connectivity index (χ2v) is 9.63. The van der Waals surface area contributed by atoms with Crippen LogP contribution in [0.15, 0.2) is 65.6 Å². The number of carbonyl (C=O) groups excluding carboxylic acids is 1. The van der Waals surface area contributed by atoms with Crippen LogP contribution in [0, 0.1) is 0 Å². The van der Waals surface area contributed by atoms with Crippen molar-refractivity contribution < 1.29 is 13.2 Å². The average molecular weight is 430 g/mol. The van der Waals surface area contributed by atoms with Gasteiger partial charge in [0.25, 0.3) is 0 Å². The van der Waals surface area contributed by atoms with Gasteiger partial charge in [-0.15, -0.1) is 0 Å². The first kappa shape index (κ1) is 22.5. The van der Waals surface area contributed by atoms with Gasteiger partial charge in [-0.1, -0.05) is 61.9 Å². The fourth-order valence-electron chi connectivity index (χ4n) is 3.83. The van der Waals surface area contributed by atoms with Gasteiger partial charge < -0.3 is 5.32 Å². The first-order chi connectivity index (χ1) is 14.4. The topological polar surface area (TPSA) is 69.7 Å². The molecule has 162 valence electrons. The molecule has 0 unspecified atom stereocenters. The zero-order valence-electron chi connectivity index (χ0n) is 17.7. The predicted molar refractivity (Wildman–Crippen MR) is 118 cm³/mol. The van der Waals surface area contributed by atoms with Crippen LogP contribution in [-0.4, -0.2) is 55.8 Å². The Hall–Kier alpha value is -2.22. The number of benzene rings is 2. The molecule has 30 heavy (non-hydrogen) atoms. The number of piperazine rings is 1. The third kappa shape index (κ3) is 5.28. The van der Waals surface area contributed by atoms with E-state index in [0.29, 0.717) is 31.1 Å². The third-order valence-electron chi connectivity index (χ3n) is 5.68. The van der Waals surface area contributed by atoms with E-state index in [4.69, 9.17) is 0 Å². The lowest BCUT2D eigenvalue weighted by molar-refractivity contribution is -0.127. The van der Waals surface area contributed by atoms with Crippen molar-refractivity contribution in [2.24, 2.45) is 0 Å². The molecule has 1 saturated heterocycles. The van der Waals surface area contributed by atoms with Crippen molar-refractivity contribution in [3.05, 3.63) is 66.2 Å². The molecule has 0 bridgehead atoms. The molecular weight excluding hydrogens is 398 g/mol. The van der Waals surface area contributed by atoms with Gasteiger partial charge in [0.2, 0.25) is 15.9 Å². The van der Waals surface area contributed by atoms with Gasteiger partial charge in [-0.2, -0.15) is 4.31 Å². The van der Waals surface area contributed by atoms with Crippen LogP contribution in [0.3, 0.4) is 0 Å². The van der Waals surface area contributed by atoms with E-state index in [1.165, 1.54) is 4.31 Å². The van der Waals surface area contributed by atoms with E-state index in [1.54, 1.807) is 30.3 Å². The molecule has 2 aromatic carbocycles. The molecule has 6 nitrogen and oxygen atoms in total. The molecule has 1 aliphatic rings. The summed E-state index contributed by atoms with van der Waals surface area (Å²) in [5.74, 6) is -0.0170. The molecule has 0 spiro atoms. The van der Waals surface area contributed by atoms with E-state index in [9.17, 15) is 13.2 Å². The zero-order valence-corrected chi connectivity index (χ0v) is 18.5. The zero-order chi connectivity index (χ0) is 21.6. The number of rotatable bonds is 8. The lowest BCUT2D eigenvalue weighted by Gasteiger charge is -2.37. The third-order valence-corrected chi connectivity index (χ3v) is 7.59. The fraction of sp³-hybridized carbons (Fsp3) is 0.435. The maximum atomic E-state index is 12.9. The van der Waals surface area contributed by atoms with Crippen LogP contribution in [0.2, 0.25) is 0 Å². The van der Waals surface area contributed by atoms with Crippen molar-refractivity contribution in [3.63, 3.8) is 0 Å². The van der Waals surface area contributed by atoms with Crippen LogP contribution in [0.5, 0.6) is 0 Å². The van der Waals surface area contributed by atoms with Crippen molar-refractivity contribution in [1.29, 1.82) is 0 Å². The van der Waals surface area contributed by atoms with E-state index in [2.05, 4.69) is 17.1 Å². The number of hydrogen-bond donors (Lipinski definition) is 1. The minimum atomic E-state index is -3.49. The summed E-state index contributed by atoms with van der Waals surface area (Å²) < 4.78 is 27.1. The van der Waals surface area contributed by atoms with E-state index in [0.717, 1.165) is 18.4 Å². The summed E-state index contributed by atoms with van der Waals surface area (Å²) in [5.41, 5.74) is 1.11. The van der Waals surface area contributed by atoms with Crippen LogP contribution in [0.1, 0.15) is 38.3 Å². The normalized spacial score (nSPS) is 17.9. The molecule has 3 rings (SSSR count). The minimum Gasteiger partial charge on any atom is -0.348 e. The summed E-state index contributed by atoms with van der Waals surface area (Å²) in [7, 11) is -3.49. The fourth-order valence-corrected chi connectivity index (χ4v) is 5.27. The highest BCUT2D eigenvalue weighted by Crippen LogP contribution is 2.20. The average Bonchev–Trinajstić information content (AvgIpc) is 2.79. The Kier molecular flexibility index (Phi) is 7.64. The lowest BCUT2D eigenvalue weighted by atomic mass is 10.0. The second kappa shape index (κ2) is 10.2. The molecule has 2 aromatic rings. The Labute approximate surface area is 179 Å². The summed E-state index contributed by atoms with van der Waals surface area (Å²) in [6.07, 6.45) is 1.86. The maximum absolute atomic E-state index is 12.9. The summed E-state index contributed by atoms with van der Waals surface area (Å²) in [6, 6.07) is 18.2. The molecule has 1 fully saturated rings. The first-order valence-electron chi connectivity index (χ1n) is 10.6. The largest absolute Gasteiger partial charge is 0.348 e. The van der Waals surface area contributed by atoms with Crippen molar-refractivity contribution >= 4 is 15.9 Å². The Morgan fingerprint density at radius 1 is 0.967 bits per heavy atom. The lowest BCUT2D eigenvalue weighted by Crippen LogP contribution is -2.55. The molecule has 0 aliphatic carbocycles. The van der Waals surface area contributed by atoms with E-state index < -0.39 is 10.0 Å². The van der Waals surface area contributed by atoms with Gasteiger partial charge in [-0.25, -0.2) is 8.42 Å². The van der Waals surface area contributed by atoms with Gasteiger partial charge in [-0.3, -0.25) is 9.69 Å². The number of nitrogens with one attached hydrogen (secondary N) is 1. The molecule has 0 radical (unpaired) electrons. The molecule has 1 amide bonds. The summed E-state index contributed by atoms with van der Waals surface area (Å²) >= 11 is 0. The van der Waals surface area contributed by atoms with Gasteiger partial charge in [0, 0.05) is 26.2 Å². The highest BCUT2D eigenvalue weighted by atomic mass is 32.2. The van der Waals surface area contributed by atoms with Crippen LogP contribution in [-0.2, 0) is 14.8 Å². The molecule has 1 aliphatic heterocycles. The van der Waals surface area contributed by atoms with Crippen molar-refractivity contribution in [2.45, 2.75) is 43.7 Å². The quantitative estimate of drug-likeness (QED) is 0.700. The van der Waals surface area contributed by atoms with Gasteiger partial charge in [0.1, 0.15) is 0 Å². The van der Waals surface area contributed by atoms with Crippen LogP contribution < -0.4 is 5.32 Å². The second-order valence-electron chi connectivity index (χ2n) is 7.69. The Morgan fingerprint density at radius 3 is 2.10 bits per heavy atom. The number of carbonyl (C=O) groups is 1. The smallest absolute Gasteiger partial charge is 0.243 e. The molecule has 7 heteroatoms. The van der Waals surface area contributed by atoms with Gasteiger partial charge in [0.05, 0.1) is 17.0 Å². The standard InChI is InChI=1S/C23H31N3O3S/c1-3-10-22(20-11-6-4-7-12-20)24-23(27)19(2)25-15-17-26(18-16-25)30(28,29)21-13-8-5-9-14-21/h4-9,11-14,19,22H,3,10,15-18H2,1-2H3,(H,24,27)/t19-,22+/m0/s1. The highest BCUT2D eigenvalue weighted by molar-refractivity contribution is 7.89. The van der Waals surface area contributed by atoms with E-state index >= 15 is 0 Å². The van der Waals surface area contributed by atoms with Crippen LogP contribution >= 0.6 is 0 Å². The van der Waals surface area contributed by atoms with Gasteiger partial charge >= 0.3 is 0 Å². The van der Waals surface area contributed by atoms with E-state index in [-0.39, 0.29) is 18.0 Å². The molecule has 0 aromatic heterocycles. The SMILES string of the molecule is CCC[C@@H](NC(=O)[C@H](C)N1CCN(S(=O)(=O)c2ccccc2)CC1)c1ccccc1. The predicted octanol–water partition coefficient (Wildman–Crippen LogP) is 3.04. The Balaban J connectivity index is 1.59. The first-order valence-corrected chi connectivity index (χ1v) is 12.0. The molecular formula is C23H31N3O3S. The highest BCUT2D eigenvalue weighted by Gasteiger charge is 2.32. The number of nitrogens with zero attached hydrogens (tertiary/aromatic N) is 2. The summed E-state index contributed by atoms with van der Waals surface area (Å²) in [5, 5.41) is 3.19. The Bertz CT molecular complexity index is 911. The summed E-state index contributed by atoms with van der Waals surface area (Å²) in [4.78, 5) is 15.3. The number of amides is 1. The van der Waals surface area contributed by atoms with Gasteiger partial charge in [0.15, 0.2) is 0 Å². The Morgan fingerprint density at radius 2 is 1.53 bits per heavy atom. The molecule has 2 atom stereocenters. The number of sulfonamides is 1. The van der Waals surface area contributed by atoms with Crippen molar-refractivity contribution in [1.82, 2.24) is 14.5 Å². The monoisotopic (exact) mass is 429 g/mol. The molecule has 0 saturated carbocycles. The maximum Gasteiger partial charge on any atom is 0.243 e. The molecule has 1 heterocycles.